The molecule has 3 rings (SSSR count). The molecule has 0 spiro atoms. The summed E-state index contributed by atoms with van der Waals surface area (Å²) >= 11 is 5.90. The zero-order valence-electron chi connectivity index (χ0n) is 12.3. The molecule has 0 fully saturated rings. The molecule has 1 atom stereocenters. The highest BCUT2D eigenvalue weighted by Gasteiger charge is 2.31. The fourth-order valence-electron chi connectivity index (χ4n) is 2.39. The smallest absolute Gasteiger partial charge is 0.316 e. The first-order valence-electron chi connectivity index (χ1n) is 7.07. The average Bonchev–Trinajstić information content (AvgIpc) is 2.51. The summed E-state index contributed by atoms with van der Waals surface area (Å²) < 4.78 is 20.5. The summed E-state index contributed by atoms with van der Waals surface area (Å²) in [5, 5.41) is 0.672. The molecule has 1 heterocycles. The van der Waals surface area contributed by atoms with Gasteiger partial charge >= 0.3 is 7.52 Å². The molecule has 0 aromatic heterocycles. The largest absolute Gasteiger partial charge is 0.432 e. The molecule has 0 aliphatic carbocycles. The lowest BCUT2D eigenvalue weighted by molar-refractivity contribution is 0.341. The third-order valence-corrected chi connectivity index (χ3v) is 5.73. The summed E-state index contributed by atoms with van der Waals surface area (Å²) in [6.07, 6.45) is 1.96. The molecule has 22 heavy (non-hydrogen) atoms. The fourth-order valence-corrected chi connectivity index (χ4v) is 3.97. The third-order valence-electron chi connectivity index (χ3n) is 3.61. The number of halogens is 1. The van der Waals surface area contributed by atoms with Gasteiger partial charge in [0.15, 0.2) is 0 Å². The van der Waals surface area contributed by atoms with Crippen molar-refractivity contribution in [3.63, 3.8) is 0 Å². The van der Waals surface area contributed by atoms with Crippen LogP contribution in [0.1, 0.15) is 11.1 Å². The number of hydrogen-bond donors (Lipinski definition) is 0. The summed E-state index contributed by atoms with van der Waals surface area (Å²) in [7, 11) is -2.86. The van der Waals surface area contributed by atoms with E-state index in [1.54, 1.807) is 18.8 Å². The van der Waals surface area contributed by atoms with Gasteiger partial charge in [-0.2, -0.15) is 0 Å². The van der Waals surface area contributed by atoms with Gasteiger partial charge in [-0.3, -0.25) is 4.57 Å². The van der Waals surface area contributed by atoms with Crippen molar-refractivity contribution in [2.75, 3.05) is 13.2 Å². The Hall–Kier alpha value is -1.54. The average molecular weight is 334 g/mol. The van der Waals surface area contributed by atoms with Gasteiger partial charge in [-0.05, 0) is 35.9 Å². The molecule has 1 unspecified atom stereocenters. The Bertz CT molecular complexity index is 728. The number of rotatable bonds is 3. The van der Waals surface area contributed by atoms with Crippen molar-refractivity contribution in [3.8, 4) is 0 Å². The Labute approximate surface area is 135 Å². The predicted molar refractivity (Wildman–Crippen MR) is 90.9 cm³/mol. The van der Waals surface area contributed by atoms with Crippen LogP contribution in [0.15, 0.2) is 60.7 Å². The van der Waals surface area contributed by atoms with Crippen LogP contribution in [0.2, 0.25) is 5.02 Å². The highest BCUT2D eigenvalue weighted by molar-refractivity contribution is 7.56. The number of nitrogens with zero attached hydrogens (tertiary/aromatic N) is 1. The van der Waals surface area contributed by atoms with E-state index in [0.29, 0.717) is 23.9 Å². The molecule has 2 aromatic carbocycles. The molecule has 114 valence electrons. The zero-order chi connectivity index (χ0) is 15.6. The Balaban J connectivity index is 1.80. The predicted octanol–water partition coefficient (Wildman–Crippen LogP) is 5.04. The van der Waals surface area contributed by atoms with Gasteiger partial charge in [0.1, 0.15) is 5.76 Å². The molecule has 0 saturated heterocycles. The maximum Gasteiger partial charge on any atom is 0.316 e. The van der Waals surface area contributed by atoms with E-state index in [4.69, 9.17) is 16.1 Å². The van der Waals surface area contributed by atoms with Gasteiger partial charge < -0.3 is 4.52 Å². The van der Waals surface area contributed by atoms with E-state index in [-0.39, 0.29) is 0 Å². The highest BCUT2D eigenvalue weighted by Crippen LogP contribution is 2.53. The van der Waals surface area contributed by atoms with Gasteiger partial charge in [-0.15, -0.1) is 0 Å². The molecule has 1 aliphatic rings. The van der Waals surface area contributed by atoms with Gasteiger partial charge in [-0.1, -0.05) is 41.9 Å². The lowest BCUT2D eigenvalue weighted by Crippen LogP contribution is -2.24. The molecule has 5 heteroatoms. The Morgan fingerprint density at radius 1 is 1.14 bits per heavy atom. The van der Waals surface area contributed by atoms with Crippen LogP contribution in [0.25, 0.3) is 5.76 Å². The van der Waals surface area contributed by atoms with Gasteiger partial charge in [0.25, 0.3) is 0 Å². The lowest BCUT2D eigenvalue weighted by Gasteiger charge is -2.32. The molecule has 0 radical (unpaired) electrons. The number of hydrogen-bond acceptors (Lipinski definition) is 2. The minimum atomic E-state index is -2.86. The van der Waals surface area contributed by atoms with E-state index < -0.39 is 7.52 Å². The van der Waals surface area contributed by atoms with E-state index in [9.17, 15) is 4.57 Å². The van der Waals surface area contributed by atoms with E-state index in [2.05, 4.69) is 0 Å². The second kappa shape index (κ2) is 6.29. The Morgan fingerprint density at radius 3 is 2.45 bits per heavy atom. The van der Waals surface area contributed by atoms with Crippen LogP contribution in [0.3, 0.4) is 0 Å². The molecule has 0 N–H and O–H groups in total. The minimum Gasteiger partial charge on any atom is -0.432 e. The molecule has 0 amide bonds. The molecular formula is C17H17ClNO2P. The topological polar surface area (TPSA) is 29.5 Å². The molecular weight excluding hydrogens is 317 g/mol. The monoisotopic (exact) mass is 333 g/mol. The van der Waals surface area contributed by atoms with Crippen molar-refractivity contribution < 1.29 is 9.09 Å². The SMILES string of the molecule is CP1(=O)OC(c2ccc(Cl)cc2)=CCN1Cc1ccccc1. The molecule has 0 saturated carbocycles. The second-order valence-electron chi connectivity index (χ2n) is 5.30. The van der Waals surface area contributed by atoms with Crippen molar-refractivity contribution in [3.05, 3.63) is 76.8 Å². The van der Waals surface area contributed by atoms with Crippen LogP contribution in [0.5, 0.6) is 0 Å². The van der Waals surface area contributed by atoms with Gasteiger partial charge in [0.05, 0.1) is 0 Å². The van der Waals surface area contributed by atoms with Crippen LogP contribution >= 0.6 is 19.1 Å². The molecule has 0 bridgehead atoms. The van der Waals surface area contributed by atoms with E-state index in [1.807, 2.05) is 53.2 Å². The van der Waals surface area contributed by atoms with E-state index in [1.165, 1.54) is 0 Å². The van der Waals surface area contributed by atoms with Crippen molar-refractivity contribution >= 4 is 24.9 Å². The first-order valence-corrected chi connectivity index (χ1v) is 9.47. The first-order chi connectivity index (χ1) is 10.5. The standard InChI is InChI=1S/C17H17ClNO2P/c1-22(20)19(13-14-5-3-2-4-6-14)12-11-17(21-22)15-7-9-16(18)10-8-15/h2-11H,12-13H2,1H3. The second-order valence-corrected chi connectivity index (χ2v) is 8.09. The van der Waals surface area contributed by atoms with Crippen molar-refractivity contribution in [1.82, 2.24) is 4.67 Å². The lowest BCUT2D eigenvalue weighted by atomic mass is 10.2. The van der Waals surface area contributed by atoms with Crippen LogP contribution < -0.4 is 0 Å². The van der Waals surface area contributed by atoms with Crippen LogP contribution in [0, 0.1) is 0 Å². The zero-order valence-corrected chi connectivity index (χ0v) is 13.9. The number of benzene rings is 2. The quantitative estimate of drug-likeness (QED) is 0.737. The van der Waals surface area contributed by atoms with Crippen molar-refractivity contribution in [1.29, 1.82) is 0 Å². The summed E-state index contributed by atoms with van der Waals surface area (Å²) in [5.74, 6) is 0.659. The molecule has 2 aromatic rings. The fraction of sp³-hybridized carbons (Fsp3) is 0.176. The summed E-state index contributed by atoms with van der Waals surface area (Å²) in [6, 6.07) is 17.3. The summed E-state index contributed by atoms with van der Waals surface area (Å²) in [6.45, 7) is 2.87. The van der Waals surface area contributed by atoms with E-state index in [0.717, 1.165) is 11.1 Å². The minimum absolute atomic E-state index is 0.598. The van der Waals surface area contributed by atoms with Crippen LogP contribution in [-0.2, 0) is 15.6 Å². The maximum atomic E-state index is 12.9. The Kier molecular flexibility index (Phi) is 4.39. The van der Waals surface area contributed by atoms with Gasteiger partial charge in [-0.25, -0.2) is 4.67 Å². The highest BCUT2D eigenvalue weighted by atomic mass is 35.5. The maximum absolute atomic E-state index is 12.9. The van der Waals surface area contributed by atoms with Crippen molar-refractivity contribution in [2.24, 2.45) is 0 Å². The normalized spacial score (nSPS) is 22.0. The van der Waals surface area contributed by atoms with Crippen molar-refractivity contribution in [2.45, 2.75) is 6.54 Å². The first kappa shape index (κ1) is 15.4. The van der Waals surface area contributed by atoms with Gasteiger partial charge in [0, 0.05) is 30.3 Å². The third kappa shape index (κ3) is 3.44. The van der Waals surface area contributed by atoms with Gasteiger partial charge in [0.2, 0.25) is 0 Å². The molecule has 1 aliphatic heterocycles. The Morgan fingerprint density at radius 2 is 1.82 bits per heavy atom. The summed E-state index contributed by atoms with van der Waals surface area (Å²) in [5.41, 5.74) is 2.02. The summed E-state index contributed by atoms with van der Waals surface area (Å²) in [4.78, 5) is 0. The molecule has 3 nitrogen and oxygen atoms in total. The van der Waals surface area contributed by atoms with Crippen LogP contribution in [-0.4, -0.2) is 17.9 Å². The van der Waals surface area contributed by atoms with Crippen LogP contribution in [0.4, 0.5) is 0 Å². The van der Waals surface area contributed by atoms with E-state index >= 15 is 0 Å².